The van der Waals surface area contributed by atoms with Crippen LogP contribution in [0.3, 0.4) is 0 Å². The van der Waals surface area contributed by atoms with Gasteiger partial charge in [-0.1, -0.05) is 48.5 Å². The van der Waals surface area contributed by atoms with Gasteiger partial charge in [0.25, 0.3) is 0 Å². The molecule has 6 heteroatoms. The fraction of sp³-hybridized carbons (Fsp3) is 0.0800. The van der Waals surface area contributed by atoms with E-state index in [0.29, 0.717) is 16.8 Å². The summed E-state index contributed by atoms with van der Waals surface area (Å²) in [7, 11) is 0. The number of amides is 1. The zero-order valence-electron chi connectivity index (χ0n) is 16.9. The number of nitrogens with one attached hydrogen (secondary N) is 1. The van der Waals surface area contributed by atoms with Crippen LogP contribution in [0.25, 0.3) is 5.52 Å². The van der Waals surface area contributed by atoms with Crippen LogP contribution in [-0.2, 0) is 11.2 Å². The SMILES string of the molecule is Cc1c(/C=N\NC(=O)Cc2ccc(F)cc2)c2ccccn2c1C(=O)c1ccccc1. The molecule has 0 fully saturated rings. The molecule has 154 valence electrons. The Morgan fingerprint density at radius 3 is 2.45 bits per heavy atom. The zero-order chi connectivity index (χ0) is 21.8. The van der Waals surface area contributed by atoms with Gasteiger partial charge in [0.2, 0.25) is 11.7 Å². The summed E-state index contributed by atoms with van der Waals surface area (Å²) >= 11 is 0. The minimum atomic E-state index is -0.348. The lowest BCUT2D eigenvalue weighted by atomic mass is 10.0. The fourth-order valence-corrected chi connectivity index (χ4v) is 3.52. The van der Waals surface area contributed by atoms with Gasteiger partial charge in [-0.05, 0) is 42.3 Å². The van der Waals surface area contributed by atoms with Gasteiger partial charge in [-0.2, -0.15) is 5.10 Å². The van der Waals surface area contributed by atoms with Crippen molar-refractivity contribution in [1.82, 2.24) is 9.83 Å². The summed E-state index contributed by atoms with van der Waals surface area (Å²) in [5, 5.41) is 4.09. The average Bonchev–Trinajstić information content (AvgIpc) is 3.07. The number of fused-ring (bicyclic) bond motifs is 1. The molecule has 0 unspecified atom stereocenters. The maximum absolute atomic E-state index is 13.1. The molecule has 4 aromatic rings. The minimum absolute atomic E-state index is 0.0840. The van der Waals surface area contributed by atoms with Gasteiger partial charge >= 0.3 is 0 Å². The molecule has 0 atom stereocenters. The lowest BCUT2D eigenvalue weighted by Gasteiger charge is -2.03. The van der Waals surface area contributed by atoms with Crippen LogP contribution in [0.4, 0.5) is 4.39 Å². The number of halogens is 1. The van der Waals surface area contributed by atoms with E-state index >= 15 is 0 Å². The largest absolute Gasteiger partial charge is 0.313 e. The van der Waals surface area contributed by atoms with Gasteiger partial charge in [0.1, 0.15) is 5.82 Å². The number of pyridine rings is 1. The van der Waals surface area contributed by atoms with E-state index in [1.54, 1.807) is 30.5 Å². The first kappa shape index (κ1) is 20.2. The summed E-state index contributed by atoms with van der Waals surface area (Å²) in [4.78, 5) is 25.3. The van der Waals surface area contributed by atoms with Gasteiger partial charge in [0, 0.05) is 17.3 Å². The quantitative estimate of drug-likeness (QED) is 0.291. The zero-order valence-corrected chi connectivity index (χ0v) is 16.9. The first-order chi connectivity index (χ1) is 15.0. The number of ketones is 1. The second-order valence-corrected chi connectivity index (χ2v) is 7.13. The highest BCUT2D eigenvalue weighted by molar-refractivity contribution is 6.11. The van der Waals surface area contributed by atoms with Crippen LogP contribution in [0.2, 0.25) is 0 Å². The molecule has 0 saturated heterocycles. The van der Waals surface area contributed by atoms with Gasteiger partial charge in [-0.25, -0.2) is 9.82 Å². The minimum Gasteiger partial charge on any atom is -0.313 e. The molecular weight excluding hydrogens is 393 g/mol. The highest BCUT2D eigenvalue weighted by Crippen LogP contribution is 2.24. The van der Waals surface area contributed by atoms with Gasteiger partial charge in [-0.3, -0.25) is 9.59 Å². The third-order valence-corrected chi connectivity index (χ3v) is 5.05. The summed E-state index contributed by atoms with van der Waals surface area (Å²) < 4.78 is 14.8. The van der Waals surface area contributed by atoms with Crippen molar-refractivity contribution in [2.45, 2.75) is 13.3 Å². The number of hydrazone groups is 1. The third kappa shape index (κ3) is 4.28. The number of carbonyl (C=O) groups excluding carboxylic acids is 2. The Morgan fingerprint density at radius 1 is 1.00 bits per heavy atom. The van der Waals surface area contributed by atoms with Crippen molar-refractivity contribution in [2.75, 3.05) is 0 Å². The number of aromatic nitrogens is 1. The second kappa shape index (κ2) is 8.75. The van der Waals surface area contributed by atoms with Crippen LogP contribution in [0.15, 0.2) is 84.1 Å². The Hall–Kier alpha value is -4.06. The van der Waals surface area contributed by atoms with E-state index in [9.17, 15) is 14.0 Å². The van der Waals surface area contributed by atoms with Gasteiger partial charge in [-0.15, -0.1) is 0 Å². The summed E-state index contributed by atoms with van der Waals surface area (Å²) in [5.74, 6) is -0.747. The van der Waals surface area contributed by atoms with Gasteiger partial charge in [0.15, 0.2) is 0 Å². The summed E-state index contributed by atoms with van der Waals surface area (Å²) in [6, 6.07) is 20.5. The molecule has 5 nitrogen and oxygen atoms in total. The van der Waals surface area contributed by atoms with Crippen LogP contribution >= 0.6 is 0 Å². The fourth-order valence-electron chi connectivity index (χ4n) is 3.52. The smallest absolute Gasteiger partial charge is 0.244 e. The summed E-state index contributed by atoms with van der Waals surface area (Å²) in [5.41, 5.74) is 6.69. The molecule has 0 bridgehead atoms. The van der Waals surface area contributed by atoms with Gasteiger partial charge in [0.05, 0.1) is 23.8 Å². The van der Waals surface area contributed by atoms with E-state index in [1.165, 1.54) is 12.1 Å². The lowest BCUT2D eigenvalue weighted by molar-refractivity contribution is -0.120. The molecule has 1 amide bonds. The molecule has 2 aromatic heterocycles. The number of nitrogens with zero attached hydrogens (tertiary/aromatic N) is 2. The predicted molar refractivity (Wildman–Crippen MR) is 118 cm³/mol. The molecule has 0 aliphatic carbocycles. The van der Waals surface area contributed by atoms with Crippen LogP contribution < -0.4 is 5.43 Å². The van der Waals surface area contributed by atoms with E-state index in [1.807, 2.05) is 53.9 Å². The number of rotatable bonds is 6. The Morgan fingerprint density at radius 2 is 1.71 bits per heavy atom. The number of hydrogen-bond donors (Lipinski definition) is 1. The van der Waals surface area contributed by atoms with Crippen molar-refractivity contribution in [3.63, 3.8) is 0 Å². The van der Waals surface area contributed by atoms with Crippen LogP contribution in [0.5, 0.6) is 0 Å². The van der Waals surface area contributed by atoms with Crippen molar-refractivity contribution >= 4 is 23.4 Å². The van der Waals surface area contributed by atoms with E-state index in [-0.39, 0.29) is 23.9 Å². The normalized spacial score (nSPS) is 11.2. The molecule has 4 rings (SSSR count). The highest BCUT2D eigenvalue weighted by Gasteiger charge is 2.20. The highest BCUT2D eigenvalue weighted by atomic mass is 19.1. The van der Waals surface area contributed by atoms with Crippen LogP contribution in [0.1, 0.15) is 32.7 Å². The maximum atomic E-state index is 13.1. The molecule has 0 saturated carbocycles. The molecule has 0 aliphatic rings. The third-order valence-electron chi connectivity index (χ3n) is 5.05. The number of benzene rings is 2. The van der Waals surface area contributed by atoms with Crippen molar-refractivity contribution in [1.29, 1.82) is 0 Å². The Balaban J connectivity index is 1.59. The molecule has 2 aromatic carbocycles. The van der Waals surface area contributed by atoms with E-state index < -0.39 is 0 Å². The van der Waals surface area contributed by atoms with Crippen LogP contribution in [-0.4, -0.2) is 22.3 Å². The molecular formula is C25H20FN3O2. The molecule has 2 heterocycles. The Kier molecular flexibility index (Phi) is 5.71. The second-order valence-electron chi connectivity index (χ2n) is 7.13. The molecule has 31 heavy (non-hydrogen) atoms. The topological polar surface area (TPSA) is 62.9 Å². The number of hydrogen-bond acceptors (Lipinski definition) is 3. The van der Waals surface area contributed by atoms with Gasteiger partial charge < -0.3 is 4.40 Å². The van der Waals surface area contributed by atoms with Crippen molar-refractivity contribution in [2.24, 2.45) is 5.10 Å². The van der Waals surface area contributed by atoms with Crippen molar-refractivity contribution in [3.05, 3.63) is 113 Å². The predicted octanol–water partition coefficient (Wildman–Crippen LogP) is 4.31. The molecule has 1 N–H and O–H groups in total. The summed E-state index contributed by atoms with van der Waals surface area (Å²) in [6.45, 7) is 1.87. The van der Waals surface area contributed by atoms with Crippen LogP contribution in [0, 0.1) is 12.7 Å². The molecule has 0 spiro atoms. The molecule has 0 aliphatic heterocycles. The maximum Gasteiger partial charge on any atom is 0.244 e. The molecule has 0 radical (unpaired) electrons. The first-order valence-corrected chi connectivity index (χ1v) is 9.80. The first-order valence-electron chi connectivity index (χ1n) is 9.80. The summed E-state index contributed by atoms with van der Waals surface area (Å²) in [6.07, 6.45) is 3.48. The Bertz CT molecular complexity index is 1280. The lowest BCUT2D eigenvalue weighted by Crippen LogP contribution is -2.19. The van der Waals surface area contributed by atoms with E-state index in [2.05, 4.69) is 10.5 Å². The monoisotopic (exact) mass is 413 g/mol. The number of carbonyl (C=O) groups is 2. The Labute approximate surface area is 178 Å². The van der Waals surface area contributed by atoms with Crippen molar-refractivity contribution < 1.29 is 14.0 Å². The van der Waals surface area contributed by atoms with Crippen molar-refractivity contribution in [3.8, 4) is 0 Å². The standard InChI is InChI=1S/C25H20FN3O2/c1-17-21(16-27-28-23(30)15-18-10-12-20(26)13-11-18)22-9-5-6-14-29(22)24(17)25(31)19-7-3-2-4-8-19/h2-14,16H,15H2,1H3,(H,28,30)/b27-16-. The van der Waals surface area contributed by atoms with E-state index in [4.69, 9.17) is 0 Å². The van der Waals surface area contributed by atoms with E-state index in [0.717, 1.165) is 16.6 Å². The average molecular weight is 413 g/mol.